The molecule has 1 N–H and O–H groups in total. The lowest BCUT2D eigenvalue weighted by Gasteiger charge is -2.53. The van der Waals surface area contributed by atoms with Crippen molar-refractivity contribution in [3.8, 4) is 11.8 Å². The number of hydrogen-bond donors (Lipinski definition) is 1. The number of fused-ring (bicyclic) bond motifs is 1. The van der Waals surface area contributed by atoms with Crippen molar-refractivity contribution in [1.82, 2.24) is 9.80 Å². The molecule has 3 atom stereocenters. The molecule has 7 nitrogen and oxygen atoms in total. The van der Waals surface area contributed by atoms with E-state index < -0.39 is 6.09 Å². The van der Waals surface area contributed by atoms with Crippen molar-refractivity contribution in [2.24, 2.45) is 5.41 Å². The Morgan fingerprint density at radius 1 is 1.33 bits per heavy atom. The lowest BCUT2D eigenvalue weighted by atomic mass is 9.81. The van der Waals surface area contributed by atoms with E-state index in [4.69, 9.17) is 9.47 Å². The van der Waals surface area contributed by atoms with Crippen LogP contribution >= 0.6 is 0 Å². The summed E-state index contributed by atoms with van der Waals surface area (Å²) in [5.41, 5.74) is 1.33. The average molecular weight is 373 g/mol. The first kappa shape index (κ1) is 19.5. The van der Waals surface area contributed by atoms with Gasteiger partial charge in [-0.05, 0) is 23.1 Å². The van der Waals surface area contributed by atoms with E-state index in [1.807, 2.05) is 12.1 Å². The smallest absolute Gasteiger partial charge is 0.407 e. The first-order valence-corrected chi connectivity index (χ1v) is 9.20. The molecule has 0 aromatic heterocycles. The maximum Gasteiger partial charge on any atom is 0.407 e. The zero-order valence-corrected chi connectivity index (χ0v) is 16.3. The van der Waals surface area contributed by atoms with Crippen LogP contribution in [0, 0.1) is 16.7 Å². The summed E-state index contributed by atoms with van der Waals surface area (Å²) in [4.78, 5) is 15.3. The van der Waals surface area contributed by atoms with Crippen molar-refractivity contribution in [3.63, 3.8) is 0 Å². The number of carbonyl (C=O) groups is 1. The molecule has 1 aromatic carbocycles. The minimum absolute atomic E-state index is 0.0337. The number of methoxy groups -OCH3 is 1. The molecule has 2 aliphatic heterocycles. The van der Waals surface area contributed by atoms with Crippen LogP contribution in [-0.2, 0) is 4.74 Å². The predicted molar refractivity (Wildman–Crippen MR) is 99.7 cm³/mol. The Morgan fingerprint density at radius 3 is 2.67 bits per heavy atom. The number of morpholine rings is 1. The van der Waals surface area contributed by atoms with E-state index in [9.17, 15) is 15.2 Å². The molecule has 2 fully saturated rings. The zero-order valence-electron chi connectivity index (χ0n) is 16.3. The number of carboxylic acid groups (broad SMARTS) is 1. The fraction of sp³-hybridized carbons (Fsp3) is 0.600. The third-order valence-corrected chi connectivity index (χ3v) is 5.44. The molecule has 0 saturated carbocycles. The van der Waals surface area contributed by atoms with E-state index in [1.54, 1.807) is 13.2 Å². The van der Waals surface area contributed by atoms with Crippen molar-refractivity contribution in [2.75, 3.05) is 33.3 Å². The highest BCUT2D eigenvalue weighted by atomic mass is 16.5. The molecule has 1 amide bonds. The second kappa shape index (κ2) is 7.37. The normalized spacial score (nSPS) is 26.2. The molecule has 0 radical (unpaired) electrons. The van der Waals surface area contributed by atoms with E-state index >= 15 is 0 Å². The lowest BCUT2D eigenvalue weighted by molar-refractivity contribution is -0.173. The summed E-state index contributed by atoms with van der Waals surface area (Å²) in [6, 6.07) is 7.72. The van der Waals surface area contributed by atoms with Crippen molar-refractivity contribution in [1.29, 1.82) is 5.26 Å². The van der Waals surface area contributed by atoms with Gasteiger partial charge in [0.15, 0.2) is 0 Å². The van der Waals surface area contributed by atoms with Crippen LogP contribution in [0.5, 0.6) is 5.75 Å². The summed E-state index contributed by atoms with van der Waals surface area (Å²) in [5.74, 6) is 0.545. The van der Waals surface area contributed by atoms with Gasteiger partial charge in [0.2, 0.25) is 0 Å². The summed E-state index contributed by atoms with van der Waals surface area (Å²) in [7, 11) is 1.56. The minimum Gasteiger partial charge on any atom is -0.495 e. The van der Waals surface area contributed by atoms with Gasteiger partial charge in [0.25, 0.3) is 0 Å². The Balaban J connectivity index is 1.89. The first-order valence-electron chi connectivity index (χ1n) is 9.20. The molecule has 2 heterocycles. The van der Waals surface area contributed by atoms with Gasteiger partial charge in [0.1, 0.15) is 11.8 Å². The molecule has 27 heavy (non-hydrogen) atoms. The van der Waals surface area contributed by atoms with Crippen molar-refractivity contribution in [2.45, 2.75) is 39.0 Å². The molecule has 1 unspecified atom stereocenters. The van der Waals surface area contributed by atoms with Crippen molar-refractivity contribution in [3.05, 3.63) is 29.3 Å². The predicted octanol–water partition coefficient (Wildman–Crippen LogP) is 2.72. The number of benzene rings is 1. The minimum atomic E-state index is -0.874. The molecular formula is C20H27N3O4. The quantitative estimate of drug-likeness (QED) is 0.858. The van der Waals surface area contributed by atoms with E-state index in [-0.39, 0.29) is 23.7 Å². The molecule has 3 rings (SSSR count). The molecule has 2 saturated heterocycles. The van der Waals surface area contributed by atoms with Gasteiger partial charge in [-0.15, -0.1) is 0 Å². The van der Waals surface area contributed by atoms with E-state index in [0.29, 0.717) is 37.5 Å². The Labute approximate surface area is 160 Å². The SMILES string of the molecule is COc1cc([C@H]2CN3CCN(C(=O)O)C[C@@H]3C(C(C)(C)C)O2)ccc1C#N. The monoisotopic (exact) mass is 373 g/mol. The van der Waals surface area contributed by atoms with Crippen LogP contribution in [0.1, 0.15) is 38.0 Å². The molecule has 0 spiro atoms. The Morgan fingerprint density at radius 2 is 2.07 bits per heavy atom. The van der Waals surface area contributed by atoms with Gasteiger partial charge in [-0.3, -0.25) is 4.90 Å². The number of ether oxygens (including phenoxy) is 2. The van der Waals surface area contributed by atoms with Crippen LogP contribution in [0.15, 0.2) is 18.2 Å². The van der Waals surface area contributed by atoms with Crippen LogP contribution in [-0.4, -0.2) is 66.4 Å². The van der Waals surface area contributed by atoms with E-state index in [1.165, 1.54) is 4.90 Å². The average Bonchev–Trinajstić information content (AvgIpc) is 2.65. The third kappa shape index (κ3) is 3.87. The zero-order chi connectivity index (χ0) is 19.8. The maximum absolute atomic E-state index is 11.4. The van der Waals surface area contributed by atoms with Gasteiger partial charge in [0, 0.05) is 26.2 Å². The van der Waals surface area contributed by atoms with Crippen LogP contribution < -0.4 is 4.74 Å². The highest BCUT2D eigenvalue weighted by molar-refractivity contribution is 5.65. The summed E-state index contributed by atoms with van der Waals surface area (Å²) in [6.07, 6.45) is -1.13. The first-order chi connectivity index (χ1) is 12.7. The fourth-order valence-electron chi connectivity index (χ4n) is 4.02. The largest absolute Gasteiger partial charge is 0.495 e. The summed E-state index contributed by atoms with van der Waals surface area (Å²) < 4.78 is 11.9. The van der Waals surface area contributed by atoms with Crippen molar-refractivity contribution < 1.29 is 19.4 Å². The van der Waals surface area contributed by atoms with Gasteiger partial charge in [-0.1, -0.05) is 26.8 Å². The van der Waals surface area contributed by atoms with Crippen LogP contribution in [0.2, 0.25) is 0 Å². The van der Waals surface area contributed by atoms with Crippen LogP contribution in [0.4, 0.5) is 4.79 Å². The number of hydrogen-bond acceptors (Lipinski definition) is 5. The number of piperazine rings is 1. The molecule has 7 heteroatoms. The molecule has 2 aliphatic rings. The molecule has 0 bridgehead atoms. The van der Waals surface area contributed by atoms with Crippen LogP contribution in [0.25, 0.3) is 0 Å². The molecular weight excluding hydrogens is 346 g/mol. The van der Waals surface area contributed by atoms with Gasteiger partial charge in [-0.25, -0.2) is 4.79 Å². The van der Waals surface area contributed by atoms with Crippen LogP contribution in [0.3, 0.4) is 0 Å². The second-order valence-corrected chi connectivity index (χ2v) is 8.27. The van der Waals surface area contributed by atoms with Gasteiger partial charge in [0.05, 0.1) is 30.9 Å². The second-order valence-electron chi connectivity index (χ2n) is 8.27. The van der Waals surface area contributed by atoms with Gasteiger partial charge >= 0.3 is 6.09 Å². The Bertz CT molecular complexity index is 753. The fourth-order valence-corrected chi connectivity index (χ4v) is 4.02. The van der Waals surface area contributed by atoms with E-state index in [0.717, 1.165) is 5.56 Å². The third-order valence-electron chi connectivity index (χ3n) is 5.44. The van der Waals surface area contributed by atoms with Gasteiger partial charge < -0.3 is 19.5 Å². The van der Waals surface area contributed by atoms with Gasteiger partial charge in [-0.2, -0.15) is 5.26 Å². The van der Waals surface area contributed by atoms with E-state index in [2.05, 4.69) is 31.7 Å². The topological polar surface area (TPSA) is 86.0 Å². The number of rotatable bonds is 2. The molecule has 0 aliphatic carbocycles. The highest BCUT2D eigenvalue weighted by Gasteiger charge is 2.46. The Hall–Kier alpha value is -2.30. The summed E-state index contributed by atoms with van der Waals surface area (Å²) in [5, 5.41) is 18.6. The lowest BCUT2D eigenvalue weighted by Crippen LogP contribution is -2.65. The standard InChI is InChI=1S/C20H27N3O4/c1-20(2,3)18-15-11-23(19(24)25)8-7-22(15)12-17(27-18)13-5-6-14(10-21)16(9-13)26-4/h5-6,9,15,17-18H,7-8,11-12H2,1-4H3,(H,24,25)/t15-,17-,18?/m1/s1. The maximum atomic E-state index is 11.4. The highest BCUT2D eigenvalue weighted by Crippen LogP contribution is 2.39. The Kier molecular flexibility index (Phi) is 5.31. The summed E-state index contributed by atoms with van der Waals surface area (Å²) >= 11 is 0. The summed E-state index contributed by atoms with van der Waals surface area (Å²) in [6.45, 7) is 8.72. The number of nitriles is 1. The molecule has 1 aromatic rings. The molecule has 146 valence electrons. The number of amides is 1. The number of nitrogens with zero attached hydrogens (tertiary/aromatic N) is 3. The van der Waals surface area contributed by atoms with Crippen molar-refractivity contribution >= 4 is 6.09 Å².